The highest BCUT2D eigenvalue weighted by atomic mass is 32.2. The van der Waals surface area contributed by atoms with Crippen LogP contribution in [0.15, 0.2) is 52.4 Å². The standard InChI is InChI=1S/C21H21FN2O3S/c1-13(2)12-27-17-9-8-14(10-18(17)26-3)11-19-20(25)24-21(28-19)23-16-7-5-4-6-15(16)22/h4-11,13H,12H2,1-3H3,(H,23,24,25)/b19-11-. The van der Waals surface area contributed by atoms with Crippen molar-refractivity contribution in [2.75, 3.05) is 13.7 Å². The maximum atomic E-state index is 13.7. The van der Waals surface area contributed by atoms with Gasteiger partial charge in [0.05, 0.1) is 18.6 Å². The van der Waals surface area contributed by atoms with Gasteiger partial charge in [-0.15, -0.1) is 0 Å². The van der Waals surface area contributed by atoms with E-state index in [2.05, 4.69) is 24.2 Å². The van der Waals surface area contributed by atoms with E-state index in [1.165, 1.54) is 6.07 Å². The van der Waals surface area contributed by atoms with Crippen LogP contribution >= 0.6 is 11.8 Å². The monoisotopic (exact) mass is 400 g/mol. The number of hydrogen-bond donors (Lipinski definition) is 1. The van der Waals surface area contributed by atoms with Gasteiger partial charge in [-0.3, -0.25) is 4.79 Å². The Hall–Kier alpha value is -2.80. The van der Waals surface area contributed by atoms with Crippen LogP contribution in [0.3, 0.4) is 0 Å². The predicted octanol–water partition coefficient (Wildman–Crippen LogP) is 4.76. The van der Waals surface area contributed by atoms with Crippen molar-refractivity contribution in [2.24, 2.45) is 10.9 Å². The van der Waals surface area contributed by atoms with E-state index in [-0.39, 0.29) is 11.6 Å². The van der Waals surface area contributed by atoms with Gasteiger partial charge in [-0.05, 0) is 53.6 Å². The van der Waals surface area contributed by atoms with Crippen LogP contribution in [0.1, 0.15) is 19.4 Å². The van der Waals surface area contributed by atoms with Crippen molar-refractivity contribution < 1.29 is 18.7 Å². The SMILES string of the molecule is COc1cc(/C=C2\SC(=Nc3ccccc3F)NC2=O)ccc1OCC(C)C. The van der Waals surface area contributed by atoms with Gasteiger partial charge in [-0.25, -0.2) is 9.38 Å². The first kappa shape index (κ1) is 19.9. The zero-order valence-corrected chi connectivity index (χ0v) is 16.7. The number of methoxy groups -OCH3 is 1. The maximum absolute atomic E-state index is 13.7. The van der Waals surface area contributed by atoms with Gasteiger partial charge >= 0.3 is 0 Å². The normalized spacial score (nSPS) is 16.7. The molecule has 1 amide bonds. The average molecular weight is 400 g/mol. The fraction of sp³-hybridized carbons (Fsp3) is 0.238. The number of para-hydroxylation sites is 1. The molecule has 2 aromatic rings. The van der Waals surface area contributed by atoms with Crippen molar-refractivity contribution in [1.82, 2.24) is 5.32 Å². The second-order valence-corrected chi connectivity index (χ2v) is 7.58. The molecule has 1 saturated heterocycles. The van der Waals surface area contributed by atoms with Gasteiger partial charge < -0.3 is 14.8 Å². The van der Waals surface area contributed by atoms with Gasteiger partial charge in [0, 0.05) is 0 Å². The number of nitrogens with zero attached hydrogens (tertiary/aromatic N) is 1. The Labute approximate surface area is 167 Å². The fourth-order valence-electron chi connectivity index (χ4n) is 2.43. The van der Waals surface area contributed by atoms with Crippen LogP contribution in [0.25, 0.3) is 6.08 Å². The summed E-state index contributed by atoms with van der Waals surface area (Å²) in [6.07, 6.45) is 1.73. The predicted molar refractivity (Wildman–Crippen MR) is 111 cm³/mol. The summed E-state index contributed by atoms with van der Waals surface area (Å²) in [4.78, 5) is 16.9. The lowest BCUT2D eigenvalue weighted by molar-refractivity contribution is -0.115. The third kappa shape index (κ3) is 4.92. The number of amides is 1. The molecule has 7 heteroatoms. The quantitative estimate of drug-likeness (QED) is 0.710. The minimum absolute atomic E-state index is 0.180. The van der Waals surface area contributed by atoms with E-state index in [4.69, 9.17) is 9.47 Å². The minimum atomic E-state index is -0.441. The van der Waals surface area contributed by atoms with Crippen LogP contribution in [0.5, 0.6) is 11.5 Å². The lowest BCUT2D eigenvalue weighted by Gasteiger charge is -2.12. The third-order valence-corrected chi connectivity index (χ3v) is 4.69. The number of aliphatic imine (C=N–C) groups is 1. The van der Waals surface area contributed by atoms with E-state index in [0.29, 0.717) is 34.1 Å². The number of ether oxygens (including phenoxy) is 2. The maximum Gasteiger partial charge on any atom is 0.264 e. The Balaban J connectivity index is 1.80. The van der Waals surface area contributed by atoms with Crippen molar-refractivity contribution in [3.05, 3.63) is 58.8 Å². The molecule has 28 heavy (non-hydrogen) atoms. The Morgan fingerprint density at radius 1 is 1.21 bits per heavy atom. The Morgan fingerprint density at radius 3 is 2.71 bits per heavy atom. The van der Waals surface area contributed by atoms with Crippen molar-refractivity contribution >= 4 is 34.6 Å². The Kier molecular flexibility index (Phi) is 6.36. The minimum Gasteiger partial charge on any atom is -0.493 e. The van der Waals surface area contributed by atoms with Gasteiger partial charge in [-0.1, -0.05) is 32.0 Å². The van der Waals surface area contributed by atoms with E-state index in [9.17, 15) is 9.18 Å². The smallest absolute Gasteiger partial charge is 0.264 e. The molecule has 1 aliphatic rings. The topological polar surface area (TPSA) is 59.9 Å². The highest BCUT2D eigenvalue weighted by molar-refractivity contribution is 8.18. The van der Waals surface area contributed by atoms with E-state index >= 15 is 0 Å². The van der Waals surface area contributed by atoms with E-state index in [1.54, 1.807) is 31.4 Å². The fourth-order valence-corrected chi connectivity index (χ4v) is 3.27. The van der Waals surface area contributed by atoms with Crippen molar-refractivity contribution in [1.29, 1.82) is 0 Å². The van der Waals surface area contributed by atoms with Crippen LogP contribution in [-0.4, -0.2) is 24.8 Å². The first-order valence-corrected chi connectivity index (χ1v) is 9.63. The van der Waals surface area contributed by atoms with E-state index in [1.807, 2.05) is 18.2 Å². The third-order valence-electron chi connectivity index (χ3n) is 3.78. The number of carbonyl (C=O) groups is 1. The molecule has 1 heterocycles. The number of rotatable bonds is 6. The van der Waals surface area contributed by atoms with Crippen LogP contribution in [0.2, 0.25) is 0 Å². The van der Waals surface area contributed by atoms with Gasteiger partial charge in [0.15, 0.2) is 16.7 Å². The summed E-state index contributed by atoms with van der Waals surface area (Å²) in [5.41, 5.74) is 0.971. The van der Waals surface area contributed by atoms with Crippen LogP contribution < -0.4 is 14.8 Å². The lowest BCUT2D eigenvalue weighted by Crippen LogP contribution is -2.19. The molecule has 0 atom stereocenters. The number of thioether (sulfide) groups is 1. The number of carbonyl (C=O) groups excluding carboxylic acids is 1. The molecule has 0 spiro atoms. The summed E-state index contributed by atoms with van der Waals surface area (Å²) >= 11 is 1.16. The van der Waals surface area contributed by atoms with Crippen LogP contribution in [0.4, 0.5) is 10.1 Å². The molecule has 146 valence electrons. The average Bonchev–Trinajstić information content (AvgIpc) is 3.01. The molecule has 0 bridgehead atoms. The summed E-state index contributed by atoms with van der Waals surface area (Å²) in [7, 11) is 1.57. The molecule has 0 unspecified atom stereocenters. The van der Waals surface area contributed by atoms with Gasteiger partial charge in [0.1, 0.15) is 11.5 Å². The highest BCUT2D eigenvalue weighted by Gasteiger charge is 2.24. The van der Waals surface area contributed by atoms with Gasteiger partial charge in [-0.2, -0.15) is 0 Å². The van der Waals surface area contributed by atoms with Gasteiger partial charge in [0.2, 0.25) is 0 Å². The number of amidine groups is 1. The summed E-state index contributed by atoms with van der Waals surface area (Å²) < 4.78 is 24.9. The first-order valence-electron chi connectivity index (χ1n) is 8.81. The molecular formula is C21H21FN2O3S. The summed E-state index contributed by atoms with van der Waals surface area (Å²) in [6, 6.07) is 11.6. The van der Waals surface area contributed by atoms with Gasteiger partial charge in [0.25, 0.3) is 5.91 Å². The number of benzene rings is 2. The van der Waals surface area contributed by atoms with E-state index < -0.39 is 5.82 Å². The second-order valence-electron chi connectivity index (χ2n) is 6.55. The number of hydrogen-bond acceptors (Lipinski definition) is 5. The molecular weight excluding hydrogens is 379 g/mol. The summed E-state index contributed by atoms with van der Waals surface area (Å²) in [6.45, 7) is 4.73. The molecule has 3 rings (SSSR count). The zero-order valence-electron chi connectivity index (χ0n) is 15.9. The summed E-state index contributed by atoms with van der Waals surface area (Å²) in [5, 5.41) is 2.99. The molecule has 0 saturated carbocycles. The van der Waals surface area contributed by atoms with Crippen molar-refractivity contribution in [3.8, 4) is 11.5 Å². The summed E-state index contributed by atoms with van der Waals surface area (Å²) in [5.74, 6) is 0.933. The molecule has 0 aliphatic carbocycles. The van der Waals surface area contributed by atoms with E-state index in [0.717, 1.165) is 17.3 Å². The number of nitrogens with one attached hydrogen (secondary N) is 1. The molecule has 5 nitrogen and oxygen atoms in total. The van der Waals surface area contributed by atoms with Crippen molar-refractivity contribution in [3.63, 3.8) is 0 Å². The zero-order chi connectivity index (χ0) is 20.1. The Bertz CT molecular complexity index is 941. The molecule has 2 aromatic carbocycles. The highest BCUT2D eigenvalue weighted by Crippen LogP contribution is 2.32. The molecule has 1 fully saturated rings. The Morgan fingerprint density at radius 2 is 2.00 bits per heavy atom. The molecule has 0 radical (unpaired) electrons. The van der Waals surface area contributed by atoms with Crippen LogP contribution in [0, 0.1) is 11.7 Å². The molecule has 0 aromatic heterocycles. The molecule has 1 aliphatic heterocycles. The number of halogens is 1. The first-order chi connectivity index (χ1) is 13.5. The van der Waals surface area contributed by atoms with Crippen molar-refractivity contribution in [2.45, 2.75) is 13.8 Å². The largest absolute Gasteiger partial charge is 0.493 e. The van der Waals surface area contributed by atoms with Crippen LogP contribution in [-0.2, 0) is 4.79 Å². The lowest BCUT2D eigenvalue weighted by atomic mass is 10.2. The molecule has 1 N–H and O–H groups in total. The second kappa shape index (κ2) is 8.93.